The van der Waals surface area contributed by atoms with Gasteiger partial charge in [0.15, 0.2) is 0 Å². The molecule has 2 aromatic carbocycles. The first-order valence-electron chi connectivity index (χ1n) is 6.28. The van der Waals surface area contributed by atoms with E-state index in [4.69, 9.17) is 0 Å². The van der Waals surface area contributed by atoms with Crippen molar-refractivity contribution in [2.24, 2.45) is 5.92 Å². The van der Waals surface area contributed by atoms with Crippen LogP contribution >= 0.6 is 0 Å². The Morgan fingerprint density at radius 1 is 0.833 bits per heavy atom. The monoisotopic (exact) mass is 240 g/mol. The second-order valence-corrected chi connectivity index (χ2v) is 4.53. The largest absolute Gasteiger partial charge is 0.303 e. The van der Waals surface area contributed by atoms with Gasteiger partial charge in [-0.25, -0.2) is 0 Å². The number of carbonyl (C=O) groups excluding carboxylic acids is 1. The predicted octanol–water partition coefficient (Wildman–Crippen LogP) is 4.59. The van der Waals surface area contributed by atoms with E-state index in [-0.39, 0.29) is 0 Å². The molecule has 0 atom stereocenters. The third kappa shape index (κ3) is 5.44. The highest BCUT2D eigenvalue weighted by Crippen LogP contribution is 2.17. The molecular formula is C17H20O. The Hall–Kier alpha value is -1.89. The highest BCUT2D eigenvalue weighted by Gasteiger charge is 1.91. The summed E-state index contributed by atoms with van der Waals surface area (Å²) in [6.45, 7) is 4.04. The lowest BCUT2D eigenvalue weighted by molar-refractivity contribution is -0.108. The molecule has 0 aliphatic carbocycles. The number of carbonyl (C=O) groups is 1. The van der Waals surface area contributed by atoms with Crippen molar-refractivity contribution in [1.29, 1.82) is 0 Å². The Morgan fingerprint density at radius 2 is 1.22 bits per heavy atom. The third-order valence-electron chi connectivity index (χ3n) is 2.45. The van der Waals surface area contributed by atoms with Crippen LogP contribution in [0.4, 0.5) is 0 Å². The van der Waals surface area contributed by atoms with E-state index in [0.29, 0.717) is 12.3 Å². The van der Waals surface area contributed by atoms with E-state index in [1.165, 1.54) is 11.1 Å². The van der Waals surface area contributed by atoms with Crippen LogP contribution in [0.25, 0.3) is 11.1 Å². The molecule has 0 heterocycles. The molecule has 0 radical (unpaired) electrons. The van der Waals surface area contributed by atoms with Gasteiger partial charge in [0.1, 0.15) is 6.29 Å². The molecule has 0 saturated carbocycles. The highest BCUT2D eigenvalue weighted by molar-refractivity contribution is 5.62. The molecule has 0 aliphatic rings. The van der Waals surface area contributed by atoms with Crippen LogP contribution in [-0.4, -0.2) is 6.29 Å². The smallest absolute Gasteiger partial charge is 0.120 e. The Labute approximate surface area is 109 Å². The maximum atomic E-state index is 9.62. The molecule has 2 rings (SSSR count). The fourth-order valence-corrected chi connectivity index (χ4v) is 1.45. The SMILES string of the molecule is CC(C)CC=O.c1ccc(-c2ccccc2)cc1. The van der Waals surface area contributed by atoms with Crippen molar-refractivity contribution in [3.05, 3.63) is 60.7 Å². The predicted molar refractivity (Wildman–Crippen MR) is 77.4 cm³/mol. The van der Waals surface area contributed by atoms with Crippen LogP contribution in [0.15, 0.2) is 60.7 Å². The summed E-state index contributed by atoms with van der Waals surface area (Å²) < 4.78 is 0. The number of benzene rings is 2. The van der Waals surface area contributed by atoms with Gasteiger partial charge >= 0.3 is 0 Å². The number of aldehydes is 1. The molecule has 0 unspecified atom stereocenters. The van der Waals surface area contributed by atoms with Crippen molar-refractivity contribution in [2.75, 3.05) is 0 Å². The summed E-state index contributed by atoms with van der Waals surface area (Å²) in [7, 11) is 0. The fraction of sp³-hybridized carbons (Fsp3) is 0.235. The minimum absolute atomic E-state index is 0.530. The minimum atomic E-state index is 0.530. The molecule has 0 aromatic heterocycles. The molecule has 0 amide bonds. The molecule has 18 heavy (non-hydrogen) atoms. The van der Waals surface area contributed by atoms with Gasteiger partial charge in [0.05, 0.1) is 0 Å². The molecule has 0 fully saturated rings. The van der Waals surface area contributed by atoms with Gasteiger partial charge in [0, 0.05) is 6.42 Å². The van der Waals surface area contributed by atoms with E-state index in [9.17, 15) is 4.79 Å². The van der Waals surface area contributed by atoms with E-state index in [2.05, 4.69) is 48.5 Å². The molecule has 0 saturated heterocycles. The van der Waals surface area contributed by atoms with Crippen LogP contribution in [0, 0.1) is 5.92 Å². The molecule has 1 nitrogen and oxygen atoms in total. The number of rotatable bonds is 3. The molecular weight excluding hydrogens is 220 g/mol. The third-order valence-corrected chi connectivity index (χ3v) is 2.45. The van der Waals surface area contributed by atoms with Gasteiger partial charge < -0.3 is 4.79 Å². The summed E-state index contributed by atoms with van der Waals surface area (Å²) >= 11 is 0. The normalized spacial score (nSPS) is 9.50. The average molecular weight is 240 g/mol. The van der Waals surface area contributed by atoms with Gasteiger partial charge in [-0.3, -0.25) is 0 Å². The second kappa shape index (κ2) is 8.24. The zero-order chi connectivity index (χ0) is 13.2. The molecule has 2 aromatic rings. The summed E-state index contributed by atoms with van der Waals surface area (Å²) in [5.74, 6) is 0.530. The van der Waals surface area contributed by atoms with Crippen molar-refractivity contribution in [3.63, 3.8) is 0 Å². The van der Waals surface area contributed by atoms with Gasteiger partial charge in [-0.1, -0.05) is 74.5 Å². The Bertz CT molecular complexity index is 394. The van der Waals surface area contributed by atoms with Crippen LogP contribution in [0.2, 0.25) is 0 Å². The highest BCUT2D eigenvalue weighted by atomic mass is 16.1. The van der Waals surface area contributed by atoms with Gasteiger partial charge in [-0.15, -0.1) is 0 Å². The summed E-state index contributed by atoms with van der Waals surface area (Å²) in [4.78, 5) is 9.62. The summed E-state index contributed by atoms with van der Waals surface area (Å²) in [5.41, 5.74) is 2.55. The van der Waals surface area contributed by atoms with Crippen molar-refractivity contribution in [3.8, 4) is 11.1 Å². The summed E-state index contributed by atoms with van der Waals surface area (Å²) in [6.07, 6.45) is 1.64. The lowest BCUT2D eigenvalue weighted by atomic mass is 10.1. The van der Waals surface area contributed by atoms with Crippen molar-refractivity contribution in [1.82, 2.24) is 0 Å². The van der Waals surface area contributed by atoms with Crippen LogP contribution in [-0.2, 0) is 4.79 Å². The quantitative estimate of drug-likeness (QED) is 0.717. The topological polar surface area (TPSA) is 17.1 Å². The lowest BCUT2D eigenvalue weighted by Crippen LogP contribution is -1.84. The van der Waals surface area contributed by atoms with Gasteiger partial charge in [0.2, 0.25) is 0 Å². The Balaban J connectivity index is 0.000000232. The zero-order valence-corrected chi connectivity index (χ0v) is 11.0. The molecule has 0 bridgehead atoms. The van der Waals surface area contributed by atoms with E-state index in [1.54, 1.807) is 0 Å². The molecule has 0 N–H and O–H groups in total. The Kier molecular flexibility index (Phi) is 6.49. The summed E-state index contributed by atoms with van der Waals surface area (Å²) in [5, 5.41) is 0. The zero-order valence-electron chi connectivity index (χ0n) is 11.0. The maximum Gasteiger partial charge on any atom is 0.120 e. The minimum Gasteiger partial charge on any atom is -0.303 e. The van der Waals surface area contributed by atoms with E-state index in [0.717, 1.165) is 6.29 Å². The Morgan fingerprint density at radius 3 is 1.44 bits per heavy atom. The van der Waals surface area contributed by atoms with E-state index < -0.39 is 0 Å². The molecule has 94 valence electrons. The number of hydrogen-bond acceptors (Lipinski definition) is 1. The van der Waals surface area contributed by atoms with Crippen LogP contribution < -0.4 is 0 Å². The van der Waals surface area contributed by atoms with E-state index >= 15 is 0 Å². The standard InChI is InChI=1S/C12H10.C5H10O/c1-3-7-11(8-4-1)12-9-5-2-6-10-12;1-5(2)3-4-6/h1-10H;4-5H,3H2,1-2H3. The molecule has 0 spiro atoms. The number of hydrogen-bond donors (Lipinski definition) is 0. The van der Waals surface area contributed by atoms with Gasteiger partial charge in [0.25, 0.3) is 0 Å². The second-order valence-electron chi connectivity index (χ2n) is 4.53. The van der Waals surface area contributed by atoms with Crippen LogP contribution in [0.1, 0.15) is 20.3 Å². The van der Waals surface area contributed by atoms with Gasteiger partial charge in [-0.2, -0.15) is 0 Å². The fourth-order valence-electron chi connectivity index (χ4n) is 1.45. The first-order chi connectivity index (χ1) is 8.74. The maximum absolute atomic E-state index is 9.62. The first kappa shape index (κ1) is 14.2. The summed E-state index contributed by atoms with van der Waals surface area (Å²) in [6, 6.07) is 20.8. The molecule has 1 heteroatoms. The lowest BCUT2D eigenvalue weighted by Gasteiger charge is -1.98. The average Bonchev–Trinajstić information content (AvgIpc) is 2.41. The van der Waals surface area contributed by atoms with Crippen molar-refractivity contribution in [2.45, 2.75) is 20.3 Å². The van der Waals surface area contributed by atoms with Crippen molar-refractivity contribution >= 4 is 6.29 Å². The van der Waals surface area contributed by atoms with E-state index in [1.807, 2.05) is 26.0 Å². The molecule has 0 aliphatic heterocycles. The first-order valence-corrected chi connectivity index (χ1v) is 6.28. The van der Waals surface area contributed by atoms with Gasteiger partial charge in [-0.05, 0) is 17.0 Å². The van der Waals surface area contributed by atoms with Crippen LogP contribution in [0.3, 0.4) is 0 Å². The van der Waals surface area contributed by atoms with Crippen molar-refractivity contribution < 1.29 is 4.79 Å². The van der Waals surface area contributed by atoms with Crippen LogP contribution in [0.5, 0.6) is 0 Å².